The number of carbonyl (C=O) groups excluding carboxylic acids is 1. The first kappa shape index (κ1) is 23.9. The number of likely N-dealkylation sites (tertiary alicyclic amines) is 2. The van der Waals surface area contributed by atoms with Gasteiger partial charge in [0.2, 0.25) is 0 Å². The van der Waals surface area contributed by atoms with Gasteiger partial charge in [0, 0.05) is 56.7 Å². The third-order valence-electron chi connectivity index (χ3n) is 7.66. The molecule has 1 amide bonds. The van der Waals surface area contributed by atoms with Gasteiger partial charge in [-0.3, -0.25) is 14.4 Å². The third kappa shape index (κ3) is 5.09. The van der Waals surface area contributed by atoms with Crippen LogP contribution in [-0.2, 0) is 18.4 Å². The molecule has 2 aliphatic rings. The second-order valence-corrected chi connectivity index (χ2v) is 9.95. The number of alkyl halides is 1. The van der Waals surface area contributed by atoms with Crippen molar-refractivity contribution in [2.24, 2.45) is 7.05 Å². The Morgan fingerprint density at radius 2 is 1.80 bits per heavy atom. The topological polar surface area (TPSA) is 66.3 Å². The number of pyridine rings is 1. The van der Waals surface area contributed by atoms with Crippen molar-refractivity contribution in [1.29, 1.82) is 0 Å². The number of nitrogens with one attached hydrogen (secondary N) is 1. The van der Waals surface area contributed by atoms with Gasteiger partial charge in [-0.05, 0) is 55.6 Å². The van der Waals surface area contributed by atoms with Gasteiger partial charge in [0.25, 0.3) is 5.91 Å². The number of aryl methyl sites for hydroxylation is 1. The molecule has 0 radical (unpaired) electrons. The average Bonchev–Trinajstić information content (AvgIpc) is 3.24. The minimum atomic E-state index is -1.84. The largest absolute Gasteiger partial charge is 0.308 e. The number of nitrogens with zero attached hydrogens (tertiary/aromatic N) is 5. The highest BCUT2D eigenvalue weighted by molar-refractivity contribution is 5.98. The number of carbonyl (C=O) groups is 1. The van der Waals surface area contributed by atoms with Gasteiger partial charge in [-0.25, -0.2) is 9.37 Å². The molecule has 2 fully saturated rings. The van der Waals surface area contributed by atoms with Crippen molar-refractivity contribution in [2.75, 3.05) is 38.0 Å². The van der Waals surface area contributed by atoms with Gasteiger partial charge in [0.05, 0.1) is 11.9 Å². The Morgan fingerprint density at radius 1 is 1.03 bits per heavy atom. The van der Waals surface area contributed by atoms with Crippen LogP contribution in [0.15, 0.2) is 36.7 Å². The number of fused-ring (bicyclic) bond motifs is 1. The van der Waals surface area contributed by atoms with Crippen molar-refractivity contribution in [3.8, 4) is 11.1 Å². The van der Waals surface area contributed by atoms with Crippen molar-refractivity contribution in [1.82, 2.24) is 24.6 Å². The molecule has 0 bridgehead atoms. The molecule has 2 aromatic heterocycles. The van der Waals surface area contributed by atoms with Gasteiger partial charge in [-0.1, -0.05) is 25.5 Å². The predicted octanol–water partition coefficient (Wildman–Crippen LogP) is 4.38. The molecule has 5 rings (SSSR count). The molecule has 4 heterocycles. The molecule has 0 unspecified atom stereocenters. The van der Waals surface area contributed by atoms with E-state index in [1.54, 1.807) is 6.20 Å². The molecular weight excluding hydrogens is 443 g/mol. The highest BCUT2D eigenvalue weighted by Crippen LogP contribution is 2.31. The lowest BCUT2D eigenvalue weighted by Gasteiger charge is -2.34. The summed E-state index contributed by atoms with van der Waals surface area (Å²) in [6.45, 7) is 7.27. The first-order chi connectivity index (χ1) is 16.9. The highest BCUT2D eigenvalue weighted by atomic mass is 19.1. The summed E-state index contributed by atoms with van der Waals surface area (Å²) in [6.07, 6.45) is 7.91. The molecule has 186 valence electrons. The van der Waals surface area contributed by atoms with Crippen LogP contribution in [0.4, 0.5) is 10.2 Å². The van der Waals surface area contributed by atoms with Gasteiger partial charge in [0.1, 0.15) is 5.82 Å². The Labute approximate surface area is 206 Å². The summed E-state index contributed by atoms with van der Waals surface area (Å²) < 4.78 is 17.3. The first-order valence-corrected chi connectivity index (χ1v) is 12.8. The van der Waals surface area contributed by atoms with E-state index in [0.29, 0.717) is 18.9 Å². The van der Waals surface area contributed by atoms with E-state index in [2.05, 4.69) is 44.3 Å². The third-order valence-corrected chi connectivity index (χ3v) is 7.66. The Kier molecular flexibility index (Phi) is 6.84. The van der Waals surface area contributed by atoms with Crippen LogP contribution in [0.2, 0.25) is 0 Å². The summed E-state index contributed by atoms with van der Waals surface area (Å²) in [5.41, 5.74) is 1.55. The molecule has 0 spiro atoms. The van der Waals surface area contributed by atoms with E-state index >= 15 is 4.39 Å². The van der Waals surface area contributed by atoms with E-state index in [0.717, 1.165) is 48.1 Å². The molecule has 0 atom stereocenters. The van der Waals surface area contributed by atoms with E-state index in [9.17, 15) is 4.79 Å². The maximum absolute atomic E-state index is 15.3. The van der Waals surface area contributed by atoms with Crippen LogP contribution in [0, 0.1) is 0 Å². The summed E-state index contributed by atoms with van der Waals surface area (Å²) in [7, 11) is 2.00. The normalized spacial score (nSPS) is 19.2. The fourth-order valence-corrected chi connectivity index (χ4v) is 5.28. The number of piperidine rings is 2. The zero-order chi connectivity index (χ0) is 24.4. The molecule has 1 N–H and O–H groups in total. The first-order valence-electron chi connectivity index (χ1n) is 12.8. The molecule has 0 saturated carbocycles. The van der Waals surface area contributed by atoms with Gasteiger partial charge in [-0.2, -0.15) is 5.10 Å². The zero-order valence-corrected chi connectivity index (χ0v) is 20.8. The van der Waals surface area contributed by atoms with Crippen LogP contribution in [0.3, 0.4) is 0 Å². The molecule has 0 aliphatic carbocycles. The van der Waals surface area contributed by atoms with Gasteiger partial charge < -0.3 is 10.2 Å². The van der Waals surface area contributed by atoms with Gasteiger partial charge >= 0.3 is 0 Å². The van der Waals surface area contributed by atoms with Crippen molar-refractivity contribution < 1.29 is 9.18 Å². The molecule has 7 nitrogen and oxygen atoms in total. The Bertz CT molecular complexity index is 1190. The summed E-state index contributed by atoms with van der Waals surface area (Å²) in [6, 6.07) is 8.07. The number of aromatic nitrogens is 3. The quantitative estimate of drug-likeness (QED) is 0.570. The standard InChI is InChI=1S/C27H35FN6O/c1-3-33-13-9-27(28,10-14-33)26(35)31-25-16-22-15-20(7-8-21(22)17-29-25)23-18-30-32(2)24(23)19-34-11-5-4-6-12-34/h7-8,15-18H,3-6,9-14,19H2,1-2H3,(H,29,31,35). The fourth-order valence-electron chi connectivity index (χ4n) is 5.28. The van der Waals surface area contributed by atoms with Gasteiger partial charge in [-0.15, -0.1) is 0 Å². The highest BCUT2D eigenvalue weighted by Gasteiger charge is 2.41. The SMILES string of the molecule is CCN1CCC(F)(C(=O)Nc2cc3cc(-c4cnn(C)c4CN4CCCCC4)ccc3cn2)CC1. The second kappa shape index (κ2) is 10.0. The Hall–Kier alpha value is -2.84. The van der Waals surface area contributed by atoms with Crippen molar-refractivity contribution in [2.45, 2.75) is 51.2 Å². The second-order valence-electron chi connectivity index (χ2n) is 9.95. The van der Waals surface area contributed by atoms with Crippen LogP contribution >= 0.6 is 0 Å². The molecule has 1 aromatic carbocycles. The predicted molar refractivity (Wildman–Crippen MR) is 137 cm³/mol. The average molecular weight is 479 g/mol. The van der Waals surface area contributed by atoms with Crippen LogP contribution in [0.1, 0.15) is 44.7 Å². The summed E-state index contributed by atoms with van der Waals surface area (Å²) in [5, 5.41) is 9.21. The minimum absolute atomic E-state index is 0.213. The van der Waals surface area contributed by atoms with Crippen molar-refractivity contribution in [3.63, 3.8) is 0 Å². The summed E-state index contributed by atoms with van der Waals surface area (Å²) in [5.74, 6) is -0.207. The van der Waals surface area contributed by atoms with Crippen LogP contribution in [0.25, 0.3) is 21.9 Å². The molecule has 35 heavy (non-hydrogen) atoms. The number of halogens is 1. The number of amides is 1. The van der Waals surface area contributed by atoms with E-state index in [4.69, 9.17) is 0 Å². The molecular formula is C27H35FN6O. The van der Waals surface area contributed by atoms with Crippen LogP contribution in [-0.4, -0.2) is 68.9 Å². The maximum atomic E-state index is 15.3. The lowest BCUT2D eigenvalue weighted by atomic mass is 9.92. The smallest absolute Gasteiger partial charge is 0.263 e. The minimum Gasteiger partial charge on any atom is -0.308 e. The Balaban J connectivity index is 1.36. The van der Waals surface area contributed by atoms with E-state index in [1.807, 2.05) is 30.1 Å². The van der Waals surface area contributed by atoms with Crippen LogP contribution < -0.4 is 5.32 Å². The Morgan fingerprint density at radius 3 is 2.54 bits per heavy atom. The number of anilines is 1. The van der Waals surface area contributed by atoms with Gasteiger partial charge in [0.15, 0.2) is 5.67 Å². The zero-order valence-electron chi connectivity index (χ0n) is 20.8. The molecule has 2 saturated heterocycles. The number of hydrogen-bond donors (Lipinski definition) is 1. The number of hydrogen-bond acceptors (Lipinski definition) is 5. The van der Waals surface area contributed by atoms with E-state index in [-0.39, 0.29) is 12.8 Å². The van der Waals surface area contributed by atoms with Crippen molar-refractivity contribution in [3.05, 3.63) is 42.4 Å². The summed E-state index contributed by atoms with van der Waals surface area (Å²) in [4.78, 5) is 21.8. The number of rotatable bonds is 6. The lowest BCUT2D eigenvalue weighted by Crippen LogP contribution is -2.48. The molecule has 3 aromatic rings. The maximum Gasteiger partial charge on any atom is 0.263 e. The van der Waals surface area contributed by atoms with Crippen LogP contribution in [0.5, 0.6) is 0 Å². The molecule has 2 aliphatic heterocycles. The van der Waals surface area contributed by atoms with Crippen molar-refractivity contribution >= 4 is 22.5 Å². The van der Waals surface area contributed by atoms with E-state index in [1.165, 1.54) is 25.0 Å². The van der Waals surface area contributed by atoms with E-state index < -0.39 is 11.6 Å². The summed E-state index contributed by atoms with van der Waals surface area (Å²) >= 11 is 0. The monoisotopic (exact) mass is 478 g/mol. The number of benzene rings is 1. The fraction of sp³-hybridized carbons (Fsp3) is 0.519. The lowest BCUT2D eigenvalue weighted by molar-refractivity contribution is -0.130. The molecule has 8 heteroatoms.